The average Bonchev–Trinajstić information content (AvgIpc) is 2.78. The molecule has 2 rings (SSSR count). The highest BCUT2D eigenvalue weighted by atomic mass is 35.5. The number of nitrogens with zero attached hydrogens (tertiary/aromatic N) is 3. The topological polar surface area (TPSA) is 117 Å². The molecule has 0 heterocycles. The first-order chi connectivity index (χ1) is 15.7. The summed E-state index contributed by atoms with van der Waals surface area (Å²) in [5.41, 5.74) is 4.00. The first-order valence-electron chi connectivity index (χ1n) is 10.6. The lowest BCUT2D eigenvalue weighted by Crippen LogP contribution is -2.48. The minimum absolute atomic E-state index is 0.0750. The Bertz CT molecular complexity index is 1020. The molecule has 2 aromatic carbocycles. The SMILES string of the molecule is CCN(CC)c1ccc([N+](=O)[O-])cc1C=NNC(=O)C(NC(=O)c1ccc(Cl)cc1)C(C)C. The van der Waals surface area contributed by atoms with Crippen molar-refractivity contribution in [3.63, 3.8) is 0 Å². The molecule has 0 saturated heterocycles. The summed E-state index contributed by atoms with van der Waals surface area (Å²) in [4.78, 5) is 38.0. The van der Waals surface area contributed by atoms with Gasteiger partial charge in [-0.1, -0.05) is 25.4 Å². The predicted molar refractivity (Wildman–Crippen MR) is 130 cm³/mol. The van der Waals surface area contributed by atoms with E-state index in [1.807, 2.05) is 18.7 Å². The van der Waals surface area contributed by atoms with Gasteiger partial charge in [-0.3, -0.25) is 19.7 Å². The number of anilines is 1. The van der Waals surface area contributed by atoms with Crippen molar-refractivity contribution in [2.75, 3.05) is 18.0 Å². The molecule has 0 saturated carbocycles. The summed E-state index contributed by atoms with van der Waals surface area (Å²) in [6, 6.07) is 10.0. The molecule has 0 radical (unpaired) electrons. The molecule has 0 bridgehead atoms. The summed E-state index contributed by atoms with van der Waals surface area (Å²) in [5, 5.41) is 18.4. The Labute approximate surface area is 198 Å². The number of hydrazone groups is 1. The highest BCUT2D eigenvalue weighted by Gasteiger charge is 2.24. The Hall–Kier alpha value is -3.46. The number of hydrogen-bond acceptors (Lipinski definition) is 6. The number of rotatable bonds is 10. The fourth-order valence-corrected chi connectivity index (χ4v) is 3.33. The highest BCUT2D eigenvalue weighted by molar-refractivity contribution is 6.30. The zero-order chi connectivity index (χ0) is 24.5. The van der Waals surface area contributed by atoms with Crippen molar-refractivity contribution in [1.29, 1.82) is 0 Å². The number of carbonyl (C=O) groups is 2. The van der Waals surface area contributed by atoms with E-state index >= 15 is 0 Å². The van der Waals surface area contributed by atoms with Crippen LogP contribution in [0.15, 0.2) is 47.6 Å². The van der Waals surface area contributed by atoms with E-state index in [1.165, 1.54) is 18.3 Å². The molecule has 0 aliphatic carbocycles. The average molecular weight is 474 g/mol. The Morgan fingerprint density at radius 2 is 1.79 bits per heavy atom. The Kier molecular flexibility index (Phi) is 9.35. The van der Waals surface area contributed by atoms with E-state index in [1.54, 1.807) is 44.2 Å². The largest absolute Gasteiger partial charge is 0.372 e. The van der Waals surface area contributed by atoms with Crippen molar-refractivity contribution in [3.05, 3.63) is 68.7 Å². The lowest BCUT2D eigenvalue weighted by atomic mass is 10.0. The number of nitrogens with one attached hydrogen (secondary N) is 2. The quantitative estimate of drug-likeness (QED) is 0.307. The summed E-state index contributed by atoms with van der Waals surface area (Å²) in [5.74, 6) is -1.12. The van der Waals surface area contributed by atoms with Crippen molar-refractivity contribution in [1.82, 2.24) is 10.7 Å². The van der Waals surface area contributed by atoms with Gasteiger partial charge in [0, 0.05) is 47.1 Å². The van der Waals surface area contributed by atoms with E-state index in [2.05, 4.69) is 15.8 Å². The van der Waals surface area contributed by atoms with Crippen LogP contribution >= 0.6 is 11.6 Å². The van der Waals surface area contributed by atoms with E-state index < -0.39 is 22.8 Å². The van der Waals surface area contributed by atoms with Gasteiger partial charge in [-0.2, -0.15) is 5.10 Å². The van der Waals surface area contributed by atoms with Gasteiger partial charge in [-0.05, 0) is 50.1 Å². The fourth-order valence-electron chi connectivity index (χ4n) is 3.21. The lowest BCUT2D eigenvalue weighted by Gasteiger charge is -2.23. The molecule has 176 valence electrons. The molecule has 2 N–H and O–H groups in total. The number of nitro benzene ring substituents is 1. The summed E-state index contributed by atoms with van der Waals surface area (Å²) in [6.45, 7) is 8.96. The van der Waals surface area contributed by atoms with Crippen LogP contribution < -0.4 is 15.6 Å². The van der Waals surface area contributed by atoms with Crippen LogP contribution in [-0.2, 0) is 4.79 Å². The second-order valence-corrected chi connectivity index (χ2v) is 8.05. The molecule has 1 atom stereocenters. The molecule has 0 aliphatic heterocycles. The molecular formula is C23H28ClN5O4. The molecule has 0 spiro atoms. The van der Waals surface area contributed by atoms with Crippen molar-refractivity contribution in [2.45, 2.75) is 33.7 Å². The zero-order valence-corrected chi connectivity index (χ0v) is 19.8. The van der Waals surface area contributed by atoms with E-state index in [-0.39, 0.29) is 11.6 Å². The first-order valence-corrected chi connectivity index (χ1v) is 11.0. The van der Waals surface area contributed by atoms with Gasteiger partial charge in [-0.15, -0.1) is 0 Å². The van der Waals surface area contributed by atoms with Crippen LogP contribution in [0, 0.1) is 16.0 Å². The molecule has 0 aliphatic rings. The maximum absolute atomic E-state index is 12.7. The molecule has 2 amide bonds. The fraction of sp³-hybridized carbons (Fsp3) is 0.348. The van der Waals surface area contributed by atoms with Crippen molar-refractivity contribution in [3.8, 4) is 0 Å². The van der Waals surface area contributed by atoms with Gasteiger partial charge in [-0.25, -0.2) is 5.43 Å². The van der Waals surface area contributed by atoms with E-state index in [0.717, 1.165) is 5.69 Å². The Morgan fingerprint density at radius 3 is 2.33 bits per heavy atom. The minimum Gasteiger partial charge on any atom is -0.372 e. The third-order valence-corrected chi connectivity index (χ3v) is 5.30. The van der Waals surface area contributed by atoms with Crippen LogP contribution in [0.3, 0.4) is 0 Å². The normalized spacial score (nSPS) is 11.9. The second kappa shape index (κ2) is 12.0. The van der Waals surface area contributed by atoms with Crippen LogP contribution in [0.1, 0.15) is 43.6 Å². The molecule has 0 fully saturated rings. The third-order valence-electron chi connectivity index (χ3n) is 5.05. The lowest BCUT2D eigenvalue weighted by molar-refractivity contribution is -0.384. The molecule has 0 aromatic heterocycles. The second-order valence-electron chi connectivity index (χ2n) is 7.61. The van der Waals surface area contributed by atoms with Crippen LogP contribution in [-0.4, -0.2) is 42.1 Å². The number of nitro groups is 1. The highest BCUT2D eigenvalue weighted by Crippen LogP contribution is 2.24. The molecule has 33 heavy (non-hydrogen) atoms. The van der Waals surface area contributed by atoms with Gasteiger partial charge in [0.2, 0.25) is 0 Å². The van der Waals surface area contributed by atoms with Gasteiger partial charge in [0.15, 0.2) is 0 Å². The van der Waals surface area contributed by atoms with Crippen LogP contribution in [0.2, 0.25) is 5.02 Å². The van der Waals surface area contributed by atoms with Crippen LogP contribution in [0.5, 0.6) is 0 Å². The van der Waals surface area contributed by atoms with Crippen molar-refractivity contribution < 1.29 is 14.5 Å². The monoisotopic (exact) mass is 473 g/mol. The van der Waals surface area contributed by atoms with Crippen LogP contribution in [0.4, 0.5) is 11.4 Å². The van der Waals surface area contributed by atoms with E-state index in [9.17, 15) is 19.7 Å². The van der Waals surface area contributed by atoms with Gasteiger partial charge >= 0.3 is 0 Å². The smallest absolute Gasteiger partial charge is 0.270 e. The molecule has 9 nitrogen and oxygen atoms in total. The minimum atomic E-state index is -0.835. The number of hydrogen-bond donors (Lipinski definition) is 2. The Balaban J connectivity index is 2.18. The summed E-state index contributed by atoms with van der Waals surface area (Å²) >= 11 is 5.85. The third kappa shape index (κ3) is 7.01. The number of non-ortho nitro benzene ring substituents is 1. The maximum atomic E-state index is 12.7. The molecule has 2 aromatic rings. The van der Waals surface area contributed by atoms with Gasteiger partial charge < -0.3 is 10.2 Å². The van der Waals surface area contributed by atoms with Crippen molar-refractivity contribution in [2.24, 2.45) is 11.0 Å². The summed E-state index contributed by atoms with van der Waals surface area (Å²) in [6.07, 6.45) is 1.37. The predicted octanol–water partition coefficient (Wildman–Crippen LogP) is 4.00. The number of amides is 2. The number of halogens is 1. The van der Waals surface area contributed by atoms with E-state index in [4.69, 9.17) is 11.6 Å². The Morgan fingerprint density at radius 1 is 1.15 bits per heavy atom. The van der Waals surface area contributed by atoms with Gasteiger partial charge in [0.25, 0.3) is 17.5 Å². The maximum Gasteiger partial charge on any atom is 0.270 e. The number of benzene rings is 2. The van der Waals surface area contributed by atoms with Crippen molar-refractivity contribution >= 4 is 41.0 Å². The summed E-state index contributed by atoms with van der Waals surface area (Å²) < 4.78 is 0. The van der Waals surface area contributed by atoms with Gasteiger partial charge in [0.1, 0.15) is 6.04 Å². The zero-order valence-electron chi connectivity index (χ0n) is 19.0. The number of carbonyl (C=O) groups excluding carboxylic acids is 2. The summed E-state index contributed by atoms with van der Waals surface area (Å²) in [7, 11) is 0. The van der Waals surface area contributed by atoms with E-state index in [0.29, 0.717) is 29.2 Å². The molecule has 1 unspecified atom stereocenters. The van der Waals surface area contributed by atoms with Gasteiger partial charge in [0.05, 0.1) is 11.1 Å². The van der Waals surface area contributed by atoms with Crippen LogP contribution in [0.25, 0.3) is 0 Å². The molecular weight excluding hydrogens is 446 g/mol. The molecule has 10 heteroatoms. The first kappa shape index (κ1) is 25.8. The standard InChI is InChI=1S/C23H28ClN5O4/c1-5-28(6-2)20-12-11-19(29(32)33)13-17(20)14-25-27-23(31)21(15(3)4)26-22(30)16-7-9-18(24)10-8-16/h7-15,21H,5-6H2,1-4H3,(H,26,30)(H,27,31).